The van der Waals surface area contributed by atoms with E-state index in [4.69, 9.17) is 9.84 Å². The summed E-state index contributed by atoms with van der Waals surface area (Å²) in [6, 6.07) is 7.54. The van der Waals surface area contributed by atoms with Gasteiger partial charge < -0.3 is 25.6 Å². The predicted octanol–water partition coefficient (Wildman–Crippen LogP) is 4.94. The Balaban J connectivity index is 0.000000266. The van der Waals surface area contributed by atoms with Gasteiger partial charge in [0.25, 0.3) is 0 Å². The molecular formula is C27H44N2O5. The van der Waals surface area contributed by atoms with E-state index in [1.54, 1.807) is 45.0 Å². The maximum absolute atomic E-state index is 11.6. The Morgan fingerprint density at radius 2 is 1.38 bits per heavy atom. The minimum atomic E-state index is -1.13. The molecule has 1 aromatic carbocycles. The topological polar surface area (TPSA) is 108 Å². The first-order chi connectivity index (χ1) is 16.2. The van der Waals surface area contributed by atoms with Crippen molar-refractivity contribution in [2.75, 3.05) is 0 Å². The lowest BCUT2D eigenvalue weighted by molar-refractivity contribution is -0.139. The highest BCUT2D eigenvalue weighted by Gasteiger charge is 2.24. The first-order valence-electron chi connectivity index (χ1n) is 12.8. The number of hydrogen-bond donors (Lipinski definition) is 4. The van der Waals surface area contributed by atoms with Crippen molar-refractivity contribution in [2.45, 2.75) is 122 Å². The number of rotatable bonds is 7. The molecule has 7 heteroatoms. The van der Waals surface area contributed by atoms with Crippen molar-refractivity contribution in [3.63, 3.8) is 0 Å². The Bertz CT molecular complexity index is 716. The molecule has 2 aliphatic carbocycles. The smallest absolute Gasteiger partial charge is 0.408 e. The second kappa shape index (κ2) is 14.3. The van der Waals surface area contributed by atoms with Crippen molar-refractivity contribution in [3.8, 4) is 0 Å². The van der Waals surface area contributed by atoms with Crippen LogP contribution in [0.1, 0.15) is 96.1 Å². The van der Waals surface area contributed by atoms with Gasteiger partial charge >= 0.3 is 12.1 Å². The first kappa shape index (κ1) is 28.1. The number of carboxylic acid groups (broad SMARTS) is 1. The summed E-state index contributed by atoms with van der Waals surface area (Å²) < 4.78 is 5.05. The van der Waals surface area contributed by atoms with Gasteiger partial charge in [-0.25, -0.2) is 9.59 Å². The zero-order valence-electron chi connectivity index (χ0n) is 21.1. The monoisotopic (exact) mass is 476 g/mol. The molecule has 0 aromatic heterocycles. The SMILES string of the molecule is C1CCC(NC2CCCCC2)CC1.CC(C)(C)OC(=O)N[C@H](Cc1ccc(CO)cc1)C(=O)O. The average molecular weight is 477 g/mol. The Kier molecular flexibility index (Phi) is 11.8. The lowest BCUT2D eigenvalue weighted by atomic mass is 9.91. The fraction of sp³-hybridized carbons (Fsp3) is 0.704. The predicted molar refractivity (Wildman–Crippen MR) is 134 cm³/mol. The highest BCUT2D eigenvalue weighted by Crippen LogP contribution is 2.22. The summed E-state index contributed by atoms with van der Waals surface area (Å²) in [5, 5.41) is 24.3. The lowest BCUT2D eigenvalue weighted by Crippen LogP contribution is -2.44. The largest absolute Gasteiger partial charge is 0.480 e. The van der Waals surface area contributed by atoms with Gasteiger partial charge in [0, 0.05) is 18.5 Å². The van der Waals surface area contributed by atoms with E-state index >= 15 is 0 Å². The highest BCUT2D eigenvalue weighted by molar-refractivity contribution is 5.80. The molecule has 3 rings (SSSR count). The van der Waals surface area contributed by atoms with Crippen LogP contribution in [0.15, 0.2) is 24.3 Å². The lowest BCUT2D eigenvalue weighted by Gasteiger charge is -2.30. The van der Waals surface area contributed by atoms with E-state index in [1.807, 2.05) is 0 Å². The molecule has 2 aliphatic rings. The molecule has 0 radical (unpaired) electrons. The number of amides is 1. The van der Waals surface area contributed by atoms with Gasteiger partial charge in [-0.3, -0.25) is 0 Å². The number of aliphatic hydroxyl groups is 1. The number of ether oxygens (including phenoxy) is 1. The first-order valence-corrected chi connectivity index (χ1v) is 12.8. The quantitative estimate of drug-likeness (QED) is 0.444. The number of carbonyl (C=O) groups is 2. The van der Waals surface area contributed by atoms with Crippen LogP contribution in [0.2, 0.25) is 0 Å². The fourth-order valence-corrected chi connectivity index (χ4v) is 4.54. The van der Waals surface area contributed by atoms with Gasteiger partial charge in [0.1, 0.15) is 11.6 Å². The van der Waals surface area contributed by atoms with E-state index in [0.29, 0.717) is 0 Å². The molecule has 192 valence electrons. The zero-order valence-corrected chi connectivity index (χ0v) is 21.1. The van der Waals surface area contributed by atoms with Crippen LogP contribution in [0.4, 0.5) is 4.79 Å². The second-order valence-electron chi connectivity index (χ2n) is 10.6. The van der Waals surface area contributed by atoms with Crippen LogP contribution in [0.5, 0.6) is 0 Å². The Morgan fingerprint density at radius 1 is 0.912 bits per heavy atom. The van der Waals surface area contributed by atoms with Crippen LogP contribution in [-0.4, -0.2) is 46.0 Å². The van der Waals surface area contributed by atoms with E-state index in [9.17, 15) is 14.7 Å². The molecule has 0 unspecified atom stereocenters. The van der Waals surface area contributed by atoms with Gasteiger partial charge in [-0.05, 0) is 57.6 Å². The van der Waals surface area contributed by atoms with Crippen LogP contribution >= 0.6 is 0 Å². The van der Waals surface area contributed by atoms with Crippen LogP contribution in [-0.2, 0) is 22.6 Å². The van der Waals surface area contributed by atoms with Crippen molar-refractivity contribution in [1.29, 1.82) is 0 Å². The molecule has 4 N–H and O–H groups in total. The van der Waals surface area contributed by atoms with E-state index in [1.165, 1.54) is 64.2 Å². The number of alkyl carbamates (subject to hydrolysis) is 1. The molecule has 1 amide bonds. The normalized spacial score (nSPS) is 18.4. The molecule has 0 spiro atoms. The molecule has 2 saturated carbocycles. The van der Waals surface area contributed by atoms with Crippen molar-refractivity contribution >= 4 is 12.1 Å². The van der Waals surface area contributed by atoms with Gasteiger partial charge in [-0.1, -0.05) is 62.8 Å². The van der Waals surface area contributed by atoms with Crippen molar-refractivity contribution < 1.29 is 24.5 Å². The molecule has 7 nitrogen and oxygen atoms in total. The Labute approximate surface area is 204 Å². The molecule has 34 heavy (non-hydrogen) atoms. The molecule has 1 aromatic rings. The van der Waals surface area contributed by atoms with Crippen LogP contribution in [0.25, 0.3) is 0 Å². The van der Waals surface area contributed by atoms with Crippen molar-refractivity contribution in [1.82, 2.24) is 10.6 Å². The summed E-state index contributed by atoms with van der Waals surface area (Å²) in [7, 11) is 0. The van der Waals surface area contributed by atoms with Gasteiger partial charge in [0.05, 0.1) is 6.61 Å². The number of aliphatic hydroxyl groups excluding tert-OH is 1. The number of carbonyl (C=O) groups excluding carboxylic acids is 1. The number of benzene rings is 1. The second-order valence-corrected chi connectivity index (χ2v) is 10.6. The zero-order chi connectivity index (χ0) is 25.0. The van der Waals surface area contributed by atoms with Gasteiger partial charge in [0.15, 0.2) is 0 Å². The molecule has 1 atom stereocenters. The van der Waals surface area contributed by atoms with E-state index in [0.717, 1.165) is 23.2 Å². The minimum Gasteiger partial charge on any atom is -0.480 e. The van der Waals surface area contributed by atoms with Crippen molar-refractivity contribution in [3.05, 3.63) is 35.4 Å². The maximum Gasteiger partial charge on any atom is 0.408 e. The van der Waals surface area contributed by atoms with E-state index in [-0.39, 0.29) is 13.0 Å². The Morgan fingerprint density at radius 3 is 1.79 bits per heavy atom. The molecule has 0 bridgehead atoms. The number of nitrogens with one attached hydrogen (secondary N) is 2. The summed E-state index contributed by atoms with van der Waals surface area (Å²) in [4.78, 5) is 22.9. The summed E-state index contributed by atoms with van der Waals surface area (Å²) in [6.07, 6.45) is 13.9. The number of aliphatic carboxylic acids is 1. The van der Waals surface area contributed by atoms with Crippen LogP contribution < -0.4 is 10.6 Å². The molecule has 0 heterocycles. The summed E-state index contributed by atoms with van der Waals surface area (Å²) in [5.74, 6) is -1.13. The van der Waals surface area contributed by atoms with Crippen LogP contribution in [0, 0.1) is 0 Å². The third kappa shape index (κ3) is 11.3. The van der Waals surface area contributed by atoms with Gasteiger partial charge in [-0.15, -0.1) is 0 Å². The molecule has 0 saturated heterocycles. The van der Waals surface area contributed by atoms with E-state index < -0.39 is 23.7 Å². The number of carboxylic acids is 1. The number of hydrogen-bond acceptors (Lipinski definition) is 5. The molecular weight excluding hydrogens is 432 g/mol. The third-order valence-electron chi connectivity index (χ3n) is 6.32. The molecule has 0 aliphatic heterocycles. The van der Waals surface area contributed by atoms with Gasteiger partial charge in [0.2, 0.25) is 0 Å². The van der Waals surface area contributed by atoms with Crippen LogP contribution in [0.3, 0.4) is 0 Å². The molecule has 2 fully saturated rings. The third-order valence-corrected chi connectivity index (χ3v) is 6.32. The average Bonchev–Trinajstić information content (AvgIpc) is 2.80. The standard InChI is InChI=1S/C15H21NO5.C12H23N/c1-15(2,3)21-14(20)16-12(13(18)19)8-10-4-6-11(9-17)7-5-10;1-3-7-11(8-4-1)13-12-9-5-2-6-10-12/h4-7,12,17H,8-9H2,1-3H3,(H,16,20)(H,18,19);11-13H,1-10H2/t12-;/m1./s1. The fourth-order valence-electron chi connectivity index (χ4n) is 4.54. The highest BCUT2D eigenvalue weighted by atomic mass is 16.6. The summed E-state index contributed by atoms with van der Waals surface area (Å²) in [5.41, 5.74) is 0.803. The summed E-state index contributed by atoms with van der Waals surface area (Å²) >= 11 is 0. The van der Waals surface area contributed by atoms with Gasteiger partial charge in [-0.2, -0.15) is 0 Å². The Hall–Kier alpha value is -2.12. The minimum absolute atomic E-state index is 0.0706. The maximum atomic E-state index is 11.6. The summed E-state index contributed by atoms with van der Waals surface area (Å²) in [6.45, 7) is 5.04. The van der Waals surface area contributed by atoms with E-state index in [2.05, 4.69) is 10.6 Å². The van der Waals surface area contributed by atoms with Crippen molar-refractivity contribution in [2.24, 2.45) is 0 Å².